The largest absolute Gasteiger partial charge is 0.483 e. The summed E-state index contributed by atoms with van der Waals surface area (Å²) in [7, 11) is 0. The van der Waals surface area contributed by atoms with Crippen LogP contribution in [0, 0.1) is 0 Å². The first-order valence-electron chi connectivity index (χ1n) is 12.2. The molecule has 0 spiro atoms. The molecule has 2 amide bonds. The molecule has 0 unspecified atom stereocenters. The molecule has 1 saturated carbocycles. The van der Waals surface area contributed by atoms with Gasteiger partial charge in [0, 0.05) is 22.6 Å². The van der Waals surface area contributed by atoms with E-state index in [2.05, 4.69) is 21.2 Å². The molecule has 8 heteroatoms. The van der Waals surface area contributed by atoms with Crippen molar-refractivity contribution in [2.75, 3.05) is 6.61 Å². The van der Waals surface area contributed by atoms with Crippen LogP contribution in [-0.4, -0.2) is 35.4 Å². The number of fused-ring (bicyclic) bond motifs is 1. The van der Waals surface area contributed by atoms with Crippen molar-refractivity contribution in [2.24, 2.45) is 0 Å². The molecular weight excluding hydrogens is 563 g/mol. The van der Waals surface area contributed by atoms with Gasteiger partial charge in [0.2, 0.25) is 5.91 Å². The average molecular weight is 592 g/mol. The number of carbonyl (C=O) groups is 2. The highest BCUT2D eigenvalue weighted by Crippen LogP contribution is 2.33. The topological polar surface area (TPSA) is 58.6 Å². The fourth-order valence-corrected chi connectivity index (χ4v) is 5.61. The summed E-state index contributed by atoms with van der Waals surface area (Å²) in [6.07, 6.45) is 5.35. The third-order valence-electron chi connectivity index (χ3n) is 6.65. The predicted molar refractivity (Wildman–Crippen MR) is 149 cm³/mol. The fourth-order valence-electron chi connectivity index (χ4n) is 4.53. The number of halogens is 3. The first kappa shape index (κ1) is 26.8. The number of nitrogens with one attached hydrogen (secondary N) is 1. The van der Waals surface area contributed by atoms with Gasteiger partial charge >= 0.3 is 0 Å². The van der Waals surface area contributed by atoms with Crippen molar-refractivity contribution in [2.45, 2.75) is 57.7 Å². The minimum atomic E-state index is -0.699. The highest BCUT2D eigenvalue weighted by molar-refractivity contribution is 9.10. The summed E-state index contributed by atoms with van der Waals surface area (Å²) < 4.78 is 6.71. The monoisotopic (exact) mass is 590 g/mol. The molecular formula is C28H29BrCl2N2O3. The zero-order chi connectivity index (χ0) is 25.7. The molecule has 0 aliphatic heterocycles. The van der Waals surface area contributed by atoms with Crippen LogP contribution in [-0.2, 0) is 16.1 Å². The SMILES string of the molecule is C[C@H](C(=O)NC1CCCCC1)N(Cc1ccc(Cl)cc1Cl)C(=O)COc1ccc2ccccc2c1Br. The van der Waals surface area contributed by atoms with Crippen molar-refractivity contribution in [3.8, 4) is 5.75 Å². The molecule has 3 aromatic rings. The molecule has 0 heterocycles. The third kappa shape index (κ3) is 6.53. The number of rotatable bonds is 8. The zero-order valence-electron chi connectivity index (χ0n) is 20.1. The van der Waals surface area contributed by atoms with Crippen molar-refractivity contribution in [1.82, 2.24) is 10.2 Å². The maximum atomic E-state index is 13.4. The van der Waals surface area contributed by atoms with Gasteiger partial charge in [-0.05, 0) is 70.2 Å². The van der Waals surface area contributed by atoms with Crippen molar-refractivity contribution >= 4 is 61.7 Å². The number of hydrogen-bond donors (Lipinski definition) is 1. The smallest absolute Gasteiger partial charge is 0.261 e. The Bertz CT molecular complexity index is 1250. The van der Waals surface area contributed by atoms with E-state index in [1.807, 2.05) is 36.4 Å². The van der Waals surface area contributed by atoms with E-state index in [0.717, 1.165) is 40.9 Å². The molecule has 3 aromatic carbocycles. The summed E-state index contributed by atoms with van der Waals surface area (Å²) in [4.78, 5) is 28.1. The molecule has 1 fully saturated rings. The zero-order valence-corrected chi connectivity index (χ0v) is 23.2. The number of ether oxygens (including phenoxy) is 1. The van der Waals surface area contributed by atoms with E-state index in [1.165, 1.54) is 11.3 Å². The van der Waals surface area contributed by atoms with E-state index in [0.29, 0.717) is 21.4 Å². The van der Waals surface area contributed by atoms with E-state index >= 15 is 0 Å². The van der Waals surface area contributed by atoms with Gasteiger partial charge in [-0.1, -0.05) is 78.9 Å². The molecule has 1 aliphatic rings. The van der Waals surface area contributed by atoms with Gasteiger partial charge in [-0.15, -0.1) is 0 Å². The third-order valence-corrected chi connectivity index (χ3v) is 8.06. The Labute approximate surface area is 230 Å². The molecule has 0 radical (unpaired) electrons. The number of benzene rings is 3. The Morgan fingerprint density at radius 2 is 1.83 bits per heavy atom. The summed E-state index contributed by atoms with van der Waals surface area (Å²) in [6, 6.07) is 16.3. The lowest BCUT2D eigenvalue weighted by molar-refractivity contribution is -0.142. The van der Waals surface area contributed by atoms with Crippen LogP contribution in [0.15, 0.2) is 59.1 Å². The Morgan fingerprint density at radius 3 is 2.58 bits per heavy atom. The minimum Gasteiger partial charge on any atom is -0.483 e. The normalized spacial score (nSPS) is 14.9. The van der Waals surface area contributed by atoms with Crippen LogP contribution in [0.4, 0.5) is 0 Å². The van der Waals surface area contributed by atoms with Crippen LogP contribution in [0.5, 0.6) is 5.75 Å². The van der Waals surface area contributed by atoms with Crippen LogP contribution in [0.3, 0.4) is 0 Å². The Balaban J connectivity index is 1.52. The quantitative estimate of drug-likeness (QED) is 0.302. The lowest BCUT2D eigenvalue weighted by atomic mass is 9.95. The van der Waals surface area contributed by atoms with E-state index in [9.17, 15) is 9.59 Å². The van der Waals surface area contributed by atoms with Crippen molar-refractivity contribution < 1.29 is 14.3 Å². The fraction of sp³-hybridized carbons (Fsp3) is 0.357. The van der Waals surface area contributed by atoms with Crippen molar-refractivity contribution in [1.29, 1.82) is 0 Å². The summed E-state index contributed by atoms with van der Waals surface area (Å²) >= 11 is 16.1. The second kappa shape index (κ2) is 12.3. The average Bonchev–Trinajstić information content (AvgIpc) is 2.88. The van der Waals surface area contributed by atoms with Gasteiger partial charge in [-0.3, -0.25) is 9.59 Å². The summed E-state index contributed by atoms with van der Waals surface area (Å²) in [6.45, 7) is 1.69. The van der Waals surface area contributed by atoms with Gasteiger partial charge < -0.3 is 15.0 Å². The van der Waals surface area contributed by atoms with Crippen molar-refractivity contribution in [3.63, 3.8) is 0 Å². The summed E-state index contributed by atoms with van der Waals surface area (Å²) in [5.41, 5.74) is 0.707. The van der Waals surface area contributed by atoms with Crippen LogP contribution < -0.4 is 10.1 Å². The Hall–Kier alpha value is -2.28. The van der Waals surface area contributed by atoms with E-state index < -0.39 is 6.04 Å². The van der Waals surface area contributed by atoms with Gasteiger partial charge in [-0.2, -0.15) is 0 Å². The highest BCUT2D eigenvalue weighted by atomic mass is 79.9. The molecule has 190 valence electrons. The molecule has 36 heavy (non-hydrogen) atoms. The molecule has 0 aromatic heterocycles. The number of carbonyl (C=O) groups excluding carboxylic acids is 2. The maximum absolute atomic E-state index is 13.4. The summed E-state index contributed by atoms with van der Waals surface area (Å²) in [5.74, 6) is 0.0745. The molecule has 5 nitrogen and oxygen atoms in total. The van der Waals surface area contributed by atoms with Crippen LogP contribution in [0.1, 0.15) is 44.6 Å². The molecule has 4 rings (SSSR count). The van der Waals surface area contributed by atoms with Crippen molar-refractivity contribution in [3.05, 3.63) is 74.7 Å². The first-order chi connectivity index (χ1) is 17.3. The Morgan fingerprint density at radius 1 is 1.08 bits per heavy atom. The highest BCUT2D eigenvalue weighted by Gasteiger charge is 2.29. The second-order valence-electron chi connectivity index (χ2n) is 9.16. The van der Waals surface area contributed by atoms with Gasteiger partial charge in [-0.25, -0.2) is 0 Å². The molecule has 0 saturated heterocycles. The maximum Gasteiger partial charge on any atom is 0.261 e. The lowest BCUT2D eigenvalue weighted by Gasteiger charge is -2.31. The van der Waals surface area contributed by atoms with Gasteiger partial charge in [0.25, 0.3) is 5.91 Å². The van der Waals surface area contributed by atoms with Gasteiger partial charge in [0.1, 0.15) is 11.8 Å². The summed E-state index contributed by atoms with van der Waals surface area (Å²) in [5, 5.41) is 6.14. The van der Waals surface area contributed by atoms with Crippen LogP contribution >= 0.6 is 39.1 Å². The second-order valence-corrected chi connectivity index (χ2v) is 10.8. The number of nitrogens with zero attached hydrogens (tertiary/aromatic N) is 1. The Kier molecular flexibility index (Phi) is 9.15. The molecule has 1 N–H and O–H groups in total. The lowest BCUT2D eigenvalue weighted by Crippen LogP contribution is -2.51. The van der Waals surface area contributed by atoms with Gasteiger partial charge in [0.15, 0.2) is 6.61 Å². The van der Waals surface area contributed by atoms with Crippen LogP contribution in [0.2, 0.25) is 10.0 Å². The van der Waals surface area contributed by atoms with Crippen LogP contribution in [0.25, 0.3) is 10.8 Å². The number of hydrogen-bond acceptors (Lipinski definition) is 3. The van der Waals surface area contributed by atoms with E-state index in [-0.39, 0.29) is 31.0 Å². The molecule has 1 aliphatic carbocycles. The molecule has 0 bridgehead atoms. The molecule has 1 atom stereocenters. The van der Waals surface area contributed by atoms with Gasteiger partial charge in [0.05, 0.1) is 4.47 Å². The standard InChI is InChI=1S/C28H29BrCl2N2O3/c1-18(28(35)32-22-8-3-2-4-9-22)33(16-20-11-13-21(30)15-24(20)31)26(34)17-36-25-14-12-19-7-5-6-10-23(19)27(25)29/h5-7,10-15,18,22H,2-4,8-9,16-17H2,1H3,(H,32,35)/t18-/m1/s1. The van der Waals surface area contributed by atoms with E-state index in [4.69, 9.17) is 27.9 Å². The number of amides is 2. The van der Waals surface area contributed by atoms with E-state index in [1.54, 1.807) is 25.1 Å². The minimum absolute atomic E-state index is 0.148. The first-order valence-corrected chi connectivity index (χ1v) is 13.7. The predicted octanol–water partition coefficient (Wildman–Crippen LogP) is 7.15.